The summed E-state index contributed by atoms with van der Waals surface area (Å²) in [6.45, 7) is 6.63. The standard InChI is InChI=1S/C17H26N2O2/c1-4-5-15-14(17(20)21)10-18-16(19-15)13-8-6-12(7-9-13)11(2)3/h10-13H,4-9H2,1-3H3,(H,20,21). The fourth-order valence-corrected chi connectivity index (χ4v) is 3.28. The predicted octanol–water partition coefficient (Wildman–Crippen LogP) is 4.06. The number of carboxylic acids is 1. The number of nitrogens with zero attached hydrogens (tertiary/aromatic N) is 2. The van der Waals surface area contributed by atoms with Gasteiger partial charge in [0, 0.05) is 12.1 Å². The molecular formula is C17H26N2O2. The van der Waals surface area contributed by atoms with E-state index < -0.39 is 5.97 Å². The van der Waals surface area contributed by atoms with Gasteiger partial charge in [-0.05, 0) is 43.9 Å². The average Bonchev–Trinajstić information content (AvgIpc) is 2.47. The Bertz CT molecular complexity index is 492. The highest BCUT2D eigenvalue weighted by Gasteiger charge is 2.26. The highest BCUT2D eigenvalue weighted by molar-refractivity contribution is 5.88. The molecule has 1 N–H and O–H groups in total. The van der Waals surface area contributed by atoms with E-state index in [4.69, 9.17) is 0 Å². The minimum Gasteiger partial charge on any atom is -0.478 e. The van der Waals surface area contributed by atoms with E-state index >= 15 is 0 Å². The first-order valence-electron chi connectivity index (χ1n) is 8.12. The van der Waals surface area contributed by atoms with Crippen molar-refractivity contribution < 1.29 is 9.90 Å². The van der Waals surface area contributed by atoms with Gasteiger partial charge in [-0.25, -0.2) is 14.8 Å². The minimum absolute atomic E-state index is 0.261. The molecule has 0 aliphatic heterocycles. The molecule has 1 aromatic heterocycles. The van der Waals surface area contributed by atoms with E-state index in [9.17, 15) is 9.90 Å². The smallest absolute Gasteiger partial charge is 0.339 e. The maximum absolute atomic E-state index is 11.2. The number of aryl methyl sites for hydroxylation is 1. The zero-order valence-corrected chi connectivity index (χ0v) is 13.3. The molecule has 0 saturated heterocycles. The predicted molar refractivity (Wildman–Crippen MR) is 82.5 cm³/mol. The number of carbonyl (C=O) groups is 1. The molecule has 0 radical (unpaired) electrons. The quantitative estimate of drug-likeness (QED) is 0.888. The molecule has 1 heterocycles. The summed E-state index contributed by atoms with van der Waals surface area (Å²) in [5, 5.41) is 9.21. The molecule has 4 nitrogen and oxygen atoms in total. The van der Waals surface area contributed by atoms with Crippen LogP contribution in [0, 0.1) is 11.8 Å². The maximum atomic E-state index is 11.2. The molecule has 1 aromatic rings. The lowest BCUT2D eigenvalue weighted by Crippen LogP contribution is -2.20. The zero-order valence-electron chi connectivity index (χ0n) is 13.3. The third kappa shape index (κ3) is 3.80. The summed E-state index contributed by atoms with van der Waals surface area (Å²) in [7, 11) is 0. The average molecular weight is 290 g/mol. The third-order valence-corrected chi connectivity index (χ3v) is 4.68. The second kappa shape index (κ2) is 7.01. The van der Waals surface area contributed by atoms with Gasteiger partial charge in [-0.2, -0.15) is 0 Å². The Labute approximate surface area is 127 Å². The molecule has 116 valence electrons. The number of carboxylic acid groups (broad SMARTS) is 1. The topological polar surface area (TPSA) is 63.1 Å². The second-order valence-corrected chi connectivity index (χ2v) is 6.50. The molecular weight excluding hydrogens is 264 g/mol. The molecule has 1 aliphatic rings. The van der Waals surface area contributed by atoms with E-state index in [0.717, 1.165) is 36.9 Å². The van der Waals surface area contributed by atoms with E-state index in [1.807, 2.05) is 6.92 Å². The zero-order chi connectivity index (χ0) is 15.4. The highest BCUT2D eigenvalue weighted by atomic mass is 16.4. The molecule has 0 amide bonds. The van der Waals surface area contributed by atoms with Gasteiger partial charge in [0.15, 0.2) is 0 Å². The van der Waals surface area contributed by atoms with Crippen LogP contribution in [-0.2, 0) is 6.42 Å². The van der Waals surface area contributed by atoms with Gasteiger partial charge in [-0.15, -0.1) is 0 Å². The first-order chi connectivity index (χ1) is 10.0. The molecule has 4 heteroatoms. The van der Waals surface area contributed by atoms with Gasteiger partial charge < -0.3 is 5.11 Å². The number of rotatable bonds is 5. The summed E-state index contributed by atoms with van der Waals surface area (Å²) < 4.78 is 0. The number of aromatic nitrogens is 2. The van der Waals surface area contributed by atoms with Crippen molar-refractivity contribution >= 4 is 5.97 Å². The van der Waals surface area contributed by atoms with Crippen molar-refractivity contribution in [3.63, 3.8) is 0 Å². The first kappa shape index (κ1) is 15.9. The van der Waals surface area contributed by atoms with Crippen LogP contribution in [0.4, 0.5) is 0 Å². The number of hydrogen-bond acceptors (Lipinski definition) is 3. The van der Waals surface area contributed by atoms with Crippen molar-refractivity contribution in [1.82, 2.24) is 9.97 Å². The van der Waals surface area contributed by atoms with E-state index in [2.05, 4.69) is 23.8 Å². The third-order valence-electron chi connectivity index (χ3n) is 4.68. The molecule has 2 rings (SSSR count). The highest BCUT2D eigenvalue weighted by Crippen LogP contribution is 2.37. The molecule has 0 spiro atoms. The minimum atomic E-state index is -0.923. The van der Waals surface area contributed by atoms with Crippen LogP contribution in [0.5, 0.6) is 0 Å². The Kier molecular flexibility index (Phi) is 5.32. The molecule has 0 bridgehead atoms. The van der Waals surface area contributed by atoms with Gasteiger partial charge >= 0.3 is 5.97 Å². The molecule has 21 heavy (non-hydrogen) atoms. The van der Waals surface area contributed by atoms with Crippen molar-refractivity contribution in [2.45, 2.75) is 65.2 Å². The van der Waals surface area contributed by atoms with Crippen LogP contribution in [0.2, 0.25) is 0 Å². The summed E-state index contributed by atoms with van der Waals surface area (Å²) >= 11 is 0. The van der Waals surface area contributed by atoms with Crippen LogP contribution in [0.15, 0.2) is 6.20 Å². The van der Waals surface area contributed by atoms with Crippen LogP contribution in [0.3, 0.4) is 0 Å². The Morgan fingerprint density at radius 3 is 2.52 bits per heavy atom. The summed E-state index contributed by atoms with van der Waals surface area (Å²) in [5.41, 5.74) is 0.956. The molecule has 0 atom stereocenters. The van der Waals surface area contributed by atoms with Crippen molar-refractivity contribution in [2.75, 3.05) is 0 Å². The number of aromatic carboxylic acids is 1. The normalized spacial score (nSPS) is 22.5. The maximum Gasteiger partial charge on any atom is 0.339 e. The van der Waals surface area contributed by atoms with Gasteiger partial charge in [0.05, 0.1) is 11.3 Å². The van der Waals surface area contributed by atoms with Crippen molar-refractivity contribution in [1.29, 1.82) is 0 Å². The Balaban J connectivity index is 2.14. The lowest BCUT2D eigenvalue weighted by Gasteiger charge is -2.30. The fraction of sp³-hybridized carbons (Fsp3) is 0.706. The molecule has 1 saturated carbocycles. The van der Waals surface area contributed by atoms with Crippen LogP contribution in [-0.4, -0.2) is 21.0 Å². The van der Waals surface area contributed by atoms with E-state index in [1.54, 1.807) is 0 Å². The summed E-state index contributed by atoms with van der Waals surface area (Å²) in [6, 6.07) is 0. The van der Waals surface area contributed by atoms with Crippen LogP contribution in [0.1, 0.15) is 80.7 Å². The first-order valence-corrected chi connectivity index (χ1v) is 8.12. The Hall–Kier alpha value is -1.45. The van der Waals surface area contributed by atoms with Gasteiger partial charge in [0.1, 0.15) is 5.82 Å². The summed E-state index contributed by atoms with van der Waals surface area (Å²) in [6.07, 6.45) is 7.83. The van der Waals surface area contributed by atoms with Crippen LogP contribution >= 0.6 is 0 Å². The van der Waals surface area contributed by atoms with Gasteiger partial charge in [-0.3, -0.25) is 0 Å². The van der Waals surface area contributed by atoms with Gasteiger partial charge in [-0.1, -0.05) is 27.2 Å². The fourth-order valence-electron chi connectivity index (χ4n) is 3.28. The van der Waals surface area contributed by atoms with Crippen LogP contribution in [0.25, 0.3) is 0 Å². The van der Waals surface area contributed by atoms with Crippen LogP contribution < -0.4 is 0 Å². The van der Waals surface area contributed by atoms with Gasteiger partial charge in [0.2, 0.25) is 0 Å². The van der Waals surface area contributed by atoms with Crippen molar-refractivity contribution in [3.8, 4) is 0 Å². The molecule has 0 unspecified atom stereocenters. The molecule has 0 aromatic carbocycles. The summed E-state index contributed by atoms with van der Waals surface area (Å²) in [4.78, 5) is 20.2. The van der Waals surface area contributed by atoms with Gasteiger partial charge in [0.25, 0.3) is 0 Å². The van der Waals surface area contributed by atoms with E-state index in [-0.39, 0.29) is 5.56 Å². The molecule has 1 fully saturated rings. The Morgan fingerprint density at radius 1 is 1.33 bits per heavy atom. The summed E-state index contributed by atoms with van der Waals surface area (Å²) in [5.74, 6) is 1.89. The lowest BCUT2D eigenvalue weighted by atomic mass is 9.76. The SMILES string of the molecule is CCCc1nc(C2CCC(C(C)C)CC2)ncc1C(=O)O. The second-order valence-electron chi connectivity index (χ2n) is 6.50. The molecule has 1 aliphatic carbocycles. The van der Waals surface area contributed by atoms with Crippen molar-refractivity contribution in [2.24, 2.45) is 11.8 Å². The van der Waals surface area contributed by atoms with Crippen molar-refractivity contribution in [3.05, 3.63) is 23.3 Å². The monoisotopic (exact) mass is 290 g/mol. The van der Waals surface area contributed by atoms with E-state index in [1.165, 1.54) is 19.0 Å². The number of hydrogen-bond donors (Lipinski definition) is 1. The van der Waals surface area contributed by atoms with E-state index in [0.29, 0.717) is 18.0 Å². The largest absolute Gasteiger partial charge is 0.478 e. The lowest BCUT2D eigenvalue weighted by molar-refractivity contribution is 0.0694. The Morgan fingerprint density at radius 2 is 2.00 bits per heavy atom.